The molecule has 144 valence electrons. The van der Waals surface area contributed by atoms with Crippen molar-refractivity contribution in [1.29, 1.82) is 0 Å². The summed E-state index contributed by atoms with van der Waals surface area (Å²) in [7, 11) is 0. The SMILES string of the molecule is O=C(CSc1nnc(-c2ccc3c(c2)OCO3)o1)NCCc1ccc(F)cc1. The second kappa shape index (κ2) is 8.30. The van der Waals surface area contributed by atoms with Crippen molar-refractivity contribution in [3.63, 3.8) is 0 Å². The fourth-order valence-electron chi connectivity index (χ4n) is 2.59. The molecule has 1 aliphatic rings. The third-order valence-electron chi connectivity index (χ3n) is 4.00. The van der Waals surface area contributed by atoms with Crippen molar-refractivity contribution in [2.24, 2.45) is 0 Å². The Bertz CT molecular complexity index is 978. The highest BCUT2D eigenvalue weighted by atomic mass is 32.2. The Morgan fingerprint density at radius 1 is 1.11 bits per heavy atom. The number of benzene rings is 2. The Morgan fingerprint density at radius 3 is 2.79 bits per heavy atom. The van der Waals surface area contributed by atoms with Crippen LogP contribution in [0, 0.1) is 5.82 Å². The fraction of sp³-hybridized carbons (Fsp3) is 0.211. The van der Waals surface area contributed by atoms with Crippen LogP contribution in [0.2, 0.25) is 0 Å². The molecule has 0 bridgehead atoms. The number of hydrogen-bond donors (Lipinski definition) is 1. The smallest absolute Gasteiger partial charge is 0.277 e. The minimum atomic E-state index is -0.274. The van der Waals surface area contributed by atoms with E-state index in [4.69, 9.17) is 13.9 Å². The maximum absolute atomic E-state index is 12.9. The topological polar surface area (TPSA) is 86.5 Å². The first-order chi connectivity index (χ1) is 13.7. The van der Waals surface area contributed by atoms with Gasteiger partial charge < -0.3 is 19.2 Å². The molecule has 7 nitrogen and oxygen atoms in total. The second-order valence-electron chi connectivity index (χ2n) is 5.96. The van der Waals surface area contributed by atoms with Crippen LogP contribution in [0.3, 0.4) is 0 Å². The maximum atomic E-state index is 12.9. The first-order valence-electron chi connectivity index (χ1n) is 8.55. The molecular formula is C19H16FN3O4S. The standard InChI is InChI=1S/C19H16FN3O4S/c20-14-4-1-12(2-5-14)7-8-21-17(24)10-28-19-23-22-18(27-19)13-3-6-15-16(9-13)26-11-25-15/h1-6,9H,7-8,10-11H2,(H,21,24). The summed E-state index contributed by atoms with van der Waals surface area (Å²) in [5, 5.41) is 11.1. The zero-order valence-electron chi connectivity index (χ0n) is 14.7. The highest BCUT2D eigenvalue weighted by Gasteiger charge is 2.17. The summed E-state index contributed by atoms with van der Waals surface area (Å²) in [6.07, 6.45) is 0.630. The molecule has 0 radical (unpaired) electrons. The highest BCUT2D eigenvalue weighted by Crippen LogP contribution is 2.35. The van der Waals surface area contributed by atoms with Crippen LogP contribution in [0.15, 0.2) is 52.1 Å². The van der Waals surface area contributed by atoms with E-state index in [0.29, 0.717) is 41.1 Å². The summed E-state index contributed by atoms with van der Waals surface area (Å²) in [4.78, 5) is 12.0. The summed E-state index contributed by atoms with van der Waals surface area (Å²) in [5.41, 5.74) is 1.67. The summed E-state index contributed by atoms with van der Waals surface area (Å²) in [5.74, 6) is 1.39. The number of nitrogens with zero attached hydrogens (tertiary/aromatic N) is 2. The lowest BCUT2D eigenvalue weighted by molar-refractivity contribution is -0.118. The Hall–Kier alpha value is -3.07. The number of rotatable bonds is 7. The van der Waals surface area contributed by atoms with Gasteiger partial charge in [-0.15, -0.1) is 10.2 Å². The van der Waals surface area contributed by atoms with Crippen LogP contribution in [0.4, 0.5) is 4.39 Å². The average molecular weight is 401 g/mol. The second-order valence-corrected chi connectivity index (χ2v) is 6.88. The molecule has 0 atom stereocenters. The van der Waals surface area contributed by atoms with Crippen molar-refractivity contribution in [3.05, 3.63) is 53.8 Å². The van der Waals surface area contributed by atoms with E-state index in [-0.39, 0.29) is 24.3 Å². The van der Waals surface area contributed by atoms with Crippen molar-refractivity contribution in [3.8, 4) is 23.0 Å². The summed E-state index contributed by atoms with van der Waals surface area (Å²) in [6.45, 7) is 0.664. The van der Waals surface area contributed by atoms with Crippen molar-refractivity contribution >= 4 is 17.7 Å². The lowest BCUT2D eigenvalue weighted by Crippen LogP contribution is -2.27. The number of thioether (sulfide) groups is 1. The third kappa shape index (κ3) is 4.42. The molecule has 2 aromatic carbocycles. The molecule has 3 aromatic rings. The molecular weight excluding hydrogens is 385 g/mol. The molecule has 0 aliphatic carbocycles. The van der Waals surface area contributed by atoms with E-state index in [1.165, 1.54) is 12.1 Å². The number of carbonyl (C=O) groups is 1. The number of fused-ring (bicyclic) bond motifs is 1. The molecule has 28 heavy (non-hydrogen) atoms. The van der Waals surface area contributed by atoms with Gasteiger partial charge in [-0.3, -0.25) is 4.79 Å². The normalized spacial score (nSPS) is 12.2. The van der Waals surface area contributed by atoms with Gasteiger partial charge >= 0.3 is 0 Å². The number of ether oxygens (including phenoxy) is 2. The summed E-state index contributed by atoms with van der Waals surface area (Å²) in [6, 6.07) is 11.6. The van der Waals surface area contributed by atoms with E-state index in [0.717, 1.165) is 17.3 Å². The van der Waals surface area contributed by atoms with Crippen LogP contribution in [0.5, 0.6) is 11.5 Å². The zero-order valence-corrected chi connectivity index (χ0v) is 15.5. The molecule has 1 aliphatic heterocycles. The molecule has 9 heteroatoms. The van der Waals surface area contributed by atoms with Crippen LogP contribution in [-0.2, 0) is 11.2 Å². The van der Waals surface area contributed by atoms with E-state index in [2.05, 4.69) is 15.5 Å². The van der Waals surface area contributed by atoms with E-state index >= 15 is 0 Å². The lowest BCUT2D eigenvalue weighted by atomic mass is 10.1. The molecule has 0 spiro atoms. The predicted molar refractivity (Wildman–Crippen MR) is 99.7 cm³/mol. The molecule has 0 saturated carbocycles. The van der Waals surface area contributed by atoms with Crippen molar-refractivity contribution < 1.29 is 23.1 Å². The molecule has 1 aromatic heterocycles. The van der Waals surface area contributed by atoms with E-state index in [1.807, 2.05) is 0 Å². The van der Waals surface area contributed by atoms with Crippen LogP contribution >= 0.6 is 11.8 Å². The number of amides is 1. The number of hydrogen-bond acceptors (Lipinski definition) is 7. The van der Waals surface area contributed by atoms with Gasteiger partial charge in [-0.05, 0) is 42.3 Å². The Kier molecular flexibility index (Phi) is 5.43. The molecule has 1 amide bonds. The van der Waals surface area contributed by atoms with Crippen molar-refractivity contribution in [2.45, 2.75) is 11.6 Å². The van der Waals surface area contributed by atoms with Gasteiger partial charge in [-0.2, -0.15) is 0 Å². The van der Waals surface area contributed by atoms with Gasteiger partial charge in [-0.1, -0.05) is 23.9 Å². The van der Waals surface area contributed by atoms with Gasteiger partial charge in [0.15, 0.2) is 11.5 Å². The van der Waals surface area contributed by atoms with E-state index in [9.17, 15) is 9.18 Å². The van der Waals surface area contributed by atoms with Gasteiger partial charge in [0.2, 0.25) is 18.6 Å². The third-order valence-corrected chi connectivity index (χ3v) is 4.82. The van der Waals surface area contributed by atoms with Crippen LogP contribution in [0.1, 0.15) is 5.56 Å². The summed E-state index contributed by atoms with van der Waals surface area (Å²) >= 11 is 1.16. The quantitative estimate of drug-likeness (QED) is 0.609. The van der Waals surface area contributed by atoms with Gasteiger partial charge in [0, 0.05) is 12.1 Å². The highest BCUT2D eigenvalue weighted by molar-refractivity contribution is 7.99. The average Bonchev–Trinajstić information content (AvgIpc) is 3.36. The van der Waals surface area contributed by atoms with Gasteiger partial charge in [0.25, 0.3) is 5.22 Å². The predicted octanol–water partition coefficient (Wildman–Crippen LogP) is 3.06. The van der Waals surface area contributed by atoms with Gasteiger partial charge in [0.05, 0.1) is 5.75 Å². The van der Waals surface area contributed by atoms with Crippen molar-refractivity contribution in [1.82, 2.24) is 15.5 Å². The largest absolute Gasteiger partial charge is 0.454 e. The first-order valence-corrected chi connectivity index (χ1v) is 9.53. The van der Waals surface area contributed by atoms with Gasteiger partial charge in [0.1, 0.15) is 5.82 Å². The van der Waals surface area contributed by atoms with Crippen LogP contribution < -0.4 is 14.8 Å². The van der Waals surface area contributed by atoms with E-state index < -0.39 is 0 Å². The monoisotopic (exact) mass is 401 g/mol. The Labute approximate surface area is 164 Å². The number of aromatic nitrogens is 2. The maximum Gasteiger partial charge on any atom is 0.277 e. The van der Waals surface area contributed by atoms with Crippen LogP contribution in [0.25, 0.3) is 11.5 Å². The Balaban J connectivity index is 1.25. The zero-order chi connectivity index (χ0) is 19.3. The number of nitrogens with one attached hydrogen (secondary N) is 1. The summed E-state index contributed by atoms with van der Waals surface area (Å²) < 4.78 is 29.1. The molecule has 0 saturated heterocycles. The molecule has 4 rings (SSSR count). The number of carbonyl (C=O) groups excluding carboxylic acids is 1. The minimum Gasteiger partial charge on any atom is -0.454 e. The van der Waals surface area contributed by atoms with Crippen LogP contribution in [-0.4, -0.2) is 35.2 Å². The number of halogens is 1. The van der Waals surface area contributed by atoms with Gasteiger partial charge in [-0.25, -0.2) is 4.39 Å². The molecule has 1 N–H and O–H groups in total. The van der Waals surface area contributed by atoms with Crippen molar-refractivity contribution in [2.75, 3.05) is 19.1 Å². The molecule has 0 unspecified atom stereocenters. The fourth-order valence-corrected chi connectivity index (χ4v) is 3.18. The minimum absolute atomic E-state index is 0.144. The molecule has 2 heterocycles. The first kappa shape index (κ1) is 18.3. The Morgan fingerprint density at radius 2 is 1.93 bits per heavy atom. The van der Waals surface area contributed by atoms with E-state index in [1.54, 1.807) is 30.3 Å². The lowest BCUT2D eigenvalue weighted by Gasteiger charge is -2.04. The molecule has 0 fully saturated rings.